The van der Waals surface area contributed by atoms with Gasteiger partial charge in [0.2, 0.25) is 17.6 Å². The van der Waals surface area contributed by atoms with Gasteiger partial charge in [0.1, 0.15) is 17.7 Å². The van der Waals surface area contributed by atoms with Crippen LogP contribution in [0, 0.1) is 12.3 Å². The van der Waals surface area contributed by atoms with E-state index in [1.54, 1.807) is 16.8 Å². The van der Waals surface area contributed by atoms with Crippen LogP contribution in [0.3, 0.4) is 0 Å². The number of nitrogens with zero attached hydrogens (tertiary/aromatic N) is 5. The second-order valence-electron chi connectivity index (χ2n) is 9.84. The van der Waals surface area contributed by atoms with Gasteiger partial charge < -0.3 is 19.9 Å². The molecule has 1 spiro atoms. The summed E-state index contributed by atoms with van der Waals surface area (Å²) in [5, 5.41) is 10.7. The van der Waals surface area contributed by atoms with Crippen LogP contribution >= 0.6 is 0 Å². The Morgan fingerprint density at radius 1 is 1.29 bits per heavy atom. The van der Waals surface area contributed by atoms with Gasteiger partial charge in [0.15, 0.2) is 0 Å². The van der Waals surface area contributed by atoms with E-state index < -0.39 is 0 Å². The molecule has 4 aromatic rings. The van der Waals surface area contributed by atoms with Crippen LogP contribution in [0.4, 0.5) is 5.69 Å². The molecule has 1 saturated heterocycles. The van der Waals surface area contributed by atoms with E-state index in [9.17, 15) is 4.79 Å². The van der Waals surface area contributed by atoms with Crippen LogP contribution in [-0.4, -0.2) is 43.1 Å². The number of carbonyl (C=O) groups excluding carboxylic acids is 1. The maximum absolute atomic E-state index is 13.1. The van der Waals surface area contributed by atoms with Gasteiger partial charge in [-0.1, -0.05) is 17.3 Å². The lowest BCUT2D eigenvalue weighted by Gasteiger charge is -2.10. The van der Waals surface area contributed by atoms with Gasteiger partial charge in [-0.25, -0.2) is 9.97 Å². The van der Waals surface area contributed by atoms with Gasteiger partial charge >= 0.3 is 0 Å². The van der Waals surface area contributed by atoms with Gasteiger partial charge in [-0.05, 0) is 57.1 Å². The zero-order valence-electron chi connectivity index (χ0n) is 19.9. The fraction of sp³-hybridized carbons (Fsp3) is 0.400. The molecule has 0 unspecified atom stereocenters. The summed E-state index contributed by atoms with van der Waals surface area (Å²) >= 11 is 0. The molecular formula is C25H27N7O3. The molecule has 180 valence electrons. The predicted molar refractivity (Wildman–Crippen MR) is 128 cm³/mol. The average Bonchev–Trinajstić information content (AvgIpc) is 3.19. The van der Waals surface area contributed by atoms with Crippen LogP contribution in [0.15, 0.2) is 41.3 Å². The molecule has 2 fully saturated rings. The summed E-state index contributed by atoms with van der Waals surface area (Å²) in [5.74, 6) is 1.30. The fourth-order valence-corrected chi connectivity index (χ4v) is 4.57. The number of imidazole rings is 1. The number of aryl methyl sites for hydroxylation is 1. The Morgan fingerprint density at radius 2 is 2.14 bits per heavy atom. The predicted octanol–water partition coefficient (Wildman–Crippen LogP) is 3.94. The van der Waals surface area contributed by atoms with Gasteiger partial charge in [-0.2, -0.15) is 4.98 Å². The molecule has 35 heavy (non-hydrogen) atoms. The molecule has 2 aliphatic rings. The Bertz CT molecular complexity index is 1420. The third-order valence-electron chi connectivity index (χ3n) is 6.77. The Morgan fingerprint density at radius 3 is 2.91 bits per heavy atom. The molecule has 10 heteroatoms. The van der Waals surface area contributed by atoms with Crippen molar-refractivity contribution in [2.24, 2.45) is 5.41 Å². The highest BCUT2D eigenvalue weighted by Gasteiger charge is 2.49. The summed E-state index contributed by atoms with van der Waals surface area (Å²) in [6.07, 6.45) is 6.65. The first-order chi connectivity index (χ1) is 16.9. The molecule has 1 amide bonds. The highest BCUT2D eigenvalue weighted by atomic mass is 16.5. The molecule has 1 aliphatic heterocycles. The number of rotatable bonds is 6. The topological polar surface area (TPSA) is 119 Å². The van der Waals surface area contributed by atoms with Gasteiger partial charge in [0.05, 0.1) is 18.3 Å². The van der Waals surface area contributed by atoms with Gasteiger partial charge in [-0.3, -0.25) is 9.20 Å². The van der Waals surface area contributed by atoms with Crippen molar-refractivity contribution in [3.63, 3.8) is 0 Å². The fourth-order valence-electron chi connectivity index (χ4n) is 4.57. The highest BCUT2D eigenvalue weighted by Crippen LogP contribution is 2.54. The van der Waals surface area contributed by atoms with Crippen LogP contribution in [0.25, 0.3) is 17.0 Å². The zero-order valence-corrected chi connectivity index (χ0v) is 19.9. The average molecular weight is 474 g/mol. The van der Waals surface area contributed by atoms with Crippen LogP contribution in [0.2, 0.25) is 0 Å². The van der Waals surface area contributed by atoms with E-state index in [0.717, 1.165) is 24.1 Å². The van der Waals surface area contributed by atoms with Crippen molar-refractivity contribution in [1.29, 1.82) is 0 Å². The number of hydrogen-bond acceptors (Lipinski definition) is 8. The van der Waals surface area contributed by atoms with E-state index in [-0.39, 0.29) is 18.1 Å². The first-order valence-corrected chi connectivity index (χ1v) is 11.9. The summed E-state index contributed by atoms with van der Waals surface area (Å²) in [6.45, 7) is 6.80. The van der Waals surface area contributed by atoms with E-state index in [1.165, 1.54) is 19.0 Å². The Hall–Kier alpha value is -3.79. The molecule has 3 aromatic heterocycles. The lowest BCUT2D eigenvalue weighted by atomic mass is 10.0. The van der Waals surface area contributed by atoms with Gasteiger partial charge in [0.25, 0.3) is 5.91 Å². The van der Waals surface area contributed by atoms with E-state index >= 15 is 0 Å². The van der Waals surface area contributed by atoms with Crippen LogP contribution in [0.5, 0.6) is 5.88 Å². The number of aromatic nitrogens is 5. The monoisotopic (exact) mass is 473 g/mol. The van der Waals surface area contributed by atoms with E-state index in [4.69, 9.17) is 9.26 Å². The van der Waals surface area contributed by atoms with Gasteiger partial charge in [-0.15, -0.1) is 0 Å². The molecular weight excluding hydrogens is 446 g/mol. The first-order valence-electron chi connectivity index (χ1n) is 11.9. The Kier molecular flexibility index (Phi) is 5.06. The maximum atomic E-state index is 13.1. The van der Waals surface area contributed by atoms with Crippen LogP contribution < -0.4 is 15.4 Å². The molecule has 1 aliphatic carbocycles. The summed E-state index contributed by atoms with van der Waals surface area (Å²) in [6, 6.07) is 7.54. The van der Waals surface area contributed by atoms with Crippen molar-refractivity contribution in [3.8, 4) is 17.3 Å². The highest BCUT2D eigenvalue weighted by molar-refractivity contribution is 6.04. The lowest BCUT2D eigenvalue weighted by Crippen LogP contribution is -2.15. The SMILES string of the molecule is Cc1ccc(-c2noc([C@@H]3CC4(CC4)CN3)n2)cc1NC(=O)c1cnc2cc(OC(C)C)ncn12. The second-order valence-corrected chi connectivity index (χ2v) is 9.84. The second kappa shape index (κ2) is 8.16. The smallest absolute Gasteiger partial charge is 0.274 e. The summed E-state index contributed by atoms with van der Waals surface area (Å²) in [4.78, 5) is 26.4. The maximum Gasteiger partial charge on any atom is 0.274 e. The minimum atomic E-state index is -0.296. The van der Waals surface area contributed by atoms with Crippen LogP contribution in [0.1, 0.15) is 61.1 Å². The van der Waals surface area contributed by atoms with Crippen molar-refractivity contribution in [2.45, 2.75) is 52.2 Å². The number of amides is 1. The van der Waals surface area contributed by atoms with E-state index in [0.29, 0.717) is 40.0 Å². The number of nitrogens with one attached hydrogen (secondary N) is 2. The van der Waals surface area contributed by atoms with Gasteiger partial charge in [0, 0.05) is 23.9 Å². The molecule has 1 aromatic carbocycles. The molecule has 0 radical (unpaired) electrons. The number of ether oxygens (including phenoxy) is 1. The summed E-state index contributed by atoms with van der Waals surface area (Å²) in [5.41, 5.74) is 3.75. The molecule has 1 atom stereocenters. The number of carbonyl (C=O) groups is 1. The van der Waals surface area contributed by atoms with Crippen molar-refractivity contribution >= 4 is 17.2 Å². The van der Waals surface area contributed by atoms with Crippen LogP contribution in [-0.2, 0) is 0 Å². The Labute approximate surface area is 202 Å². The van der Waals surface area contributed by atoms with Crippen molar-refractivity contribution in [3.05, 3.63) is 53.9 Å². The third kappa shape index (κ3) is 4.14. The van der Waals surface area contributed by atoms with Crippen molar-refractivity contribution in [2.75, 3.05) is 11.9 Å². The Balaban J connectivity index is 1.21. The minimum absolute atomic E-state index is 0.00233. The largest absolute Gasteiger partial charge is 0.475 e. The molecule has 10 nitrogen and oxygen atoms in total. The molecule has 6 rings (SSSR count). The minimum Gasteiger partial charge on any atom is -0.475 e. The van der Waals surface area contributed by atoms with Crippen molar-refractivity contribution < 1.29 is 14.1 Å². The quantitative estimate of drug-likeness (QED) is 0.432. The molecule has 0 bridgehead atoms. The standard InChI is InChI=1S/C25H27N7O3/c1-14(2)34-21-9-20-26-11-19(32(20)13-28-21)23(33)29-17-8-16(5-4-15(17)3)22-30-24(35-31-22)18-10-25(6-7-25)12-27-18/h4-5,8-9,11,13-14,18,27H,6-7,10,12H2,1-3H3,(H,29,33)/t18-/m0/s1. The van der Waals surface area contributed by atoms with Crippen molar-refractivity contribution in [1.82, 2.24) is 29.8 Å². The normalized spacial score (nSPS) is 18.5. The molecule has 2 N–H and O–H groups in total. The summed E-state index contributed by atoms with van der Waals surface area (Å²) < 4.78 is 12.8. The number of anilines is 1. The number of fused-ring (bicyclic) bond motifs is 1. The molecule has 4 heterocycles. The summed E-state index contributed by atoms with van der Waals surface area (Å²) in [7, 11) is 0. The first kappa shape index (κ1) is 21.7. The van der Waals surface area contributed by atoms with E-state index in [1.807, 2.05) is 39.0 Å². The lowest BCUT2D eigenvalue weighted by molar-refractivity contribution is 0.102. The third-order valence-corrected chi connectivity index (χ3v) is 6.77. The number of hydrogen-bond donors (Lipinski definition) is 2. The molecule has 1 saturated carbocycles. The zero-order chi connectivity index (χ0) is 24.2. The van der Waals surface area contributed by atoms with E-state index in [2.05, 4.69) is 30.7 Å². The number of benzene rings is 1.